The Morgan fingerprint density at radius 3 is 1.65 bits per heavy atom. The van der Waals surface area contributed by atoms with Gasteiger partial charge in [-0.15, -0.1) is 0 Å². The van der Waals surface area contributed by atoms with Gasteiger partial charge in [0.15, 0.2) is 0 Å². The molecule has 0 bridgehead atoms. The number of rotatable bonds is 14. The highest BCUT2D eigenvalue weighted by Gasteiger charge is 2.10. The highest BCUT2D eigenvalue weighted by molar-refractivity contribution is 4.62. The Morgan fingerprint density at radius 1 is 0.750 bits per heavy atom. The molecule has 2 heteroatoms. The van der Waals surface area contributed by atoms with E-state index in [1.807, 2.05) is 0 Å². The van der Waals surface area contributed by atoms with Gasteiger partial charge in [0.1, 0.15) is 0 Å². The first-order chi connectivity index (χ1) is 9.61. The summed E-state index contributed by atoms with van der Waals surface area (Å²) in [4.78, 5) is 0. The Hall–Kier alpha value is -0.0800. The van der Waals surface area contributed by atoms with E-state index in [2.05, 4.69) is 20.8 Å². The second-order valence-electron chi connectivity index (χ2n) is 6.65. The van der Waals surface area contributed by atoms with Crippen molar-refractivity contribution in [1.82, 2.24) is 0 Å². The van der Waals surface area contributed by atoms with Crippen molar-refractivity contribution in [3.05, 3.63) is 0 Å². The molecule has 2 nitrogen and oxygen atoms in total. The van der Waals surface area contributed by atoms with Gasteiger partial charge in [0.2, 0.25) is 0 Å². The number of aliphatic hydroxyl groups excluding tert-OH is 2. The molecule has 0 fully saturated rings. The van der Waals surface area contributed by atoms with E-state index in [1.165, 1.54) is 64.2 Å². The molecule has 0 radical (unpaired) electrons. The van der Waals surface area contributed by atoms with E-state index in [1.54, 1.807) is 0 Å². The van der Waals surface area contributed by atoms with E-state index in [9.17, 15) is 5.11 Å². The van der Waals surface area contributed by atoms with Gasteiger partial charge < -0.3 is 10.2 Å². The molecule has 20 heavy (non-hydrogen) atoms. The SMILES string of the molecule is CCC(O)C(C)CCCCCCCCCCC(C)CO. The summed E-state index contributed by atoms with van der Waals surface area (Å²) in [5, 5.41) is 18.6. The predicted molar refractivity (Wildman–Crippen MR) is 87.9 cm³/mol. The number of hydrogen-bond acceptors (Lipinski definition) is 2. The van der Waals surface area contributed by atoms with Gasteiger partial charge in [-0.1, -0.05) is 72.1 Å². The maximum absolute atomic E-state index is 9.69. The number of unbranched alkanes of at least 4 members (excludes halogenated alkanes) is 7. The fourth-order valence-corrected chi connectivity index (χ4v) is 2.71. The summed E-state index contributed by atoms with van der Waals surface area (Å²) < 4.78 is 0. The first-order valence-electron chi connectivity index (χ1n) is 8.90. The molecule has 0 amide bonds. The smallest absolute Gasteiger partial charge is 0.0563 e. The Morgan fingerprint density at radius 2 is 1.20 bits per heavy atom. The zero-order valence-electron chi connectivity index (χ0n) is 14.1. The van der Waals surface area contributed by atoms with E-state index in [4.69, 9.17) is 5.11 Å². The van der Waals surface area contributed by atoms with Gasteiger partial charge in [-0.2, -0.15) is 0 Å². The largest absolute Gasteiger partial charge is 0.396 e. The Labute approximate surface area is 127 Å². The van der Waals surface area contributed by atoms with Crippen molar-refractivity contribution in [2.24, 2.45) is 11.8 Å². The monoisotopic (exact) mass is 286 g/mol. The molecule has 0 rings (SSSR count). The number of hydrogen-bond donors (Lipinski definition) is 2. The second-order valence-corrected chi connectivity index (χ2v) is 6.65. The van der Waals surface area contributed by atoms with Crippen molar-refractivity contribution >= 4 is 0 Å². The van der Waals surface area contributed by atoms with Gasteiger partial charge in [0.25, 0.3) is 0 Å². The lowest BCUT2D eigenvalue weighted by Crippen LogP contribution is -2.15. The Kier molecular flexibility index (Phi) is 13.8. The summed E-state index contributed by atoms with van der Waals surface area (Å²) in [5.74, 6) is 0.948. The van der Waals surface area contributed by atoms with Crippen molar-refractivity contribution in [2.75, 3.05) is 6.61 Å². The van der Waals surface area contributed by atoms with Crippen molar-refractivity contribution in [3.8, 4) is 0 Å². The van der Waals surface area contributed by atoms with E-state index in [-0.39, 0.29) is 6.10 Å². The van der Waals surface area contributed by atoms with Gasteiger partial charge in [-0.3, -0.25) is 0 Å². The molecule has 3 unspecified atom stereocenters. The van der Waals surface area contributed by atoms with Crippen LogP contribution >= 0.6 is 0 Å². The zero-order chi connectivity index (χ0) is 15.2. The molecular weight excluding hydrogens is 248 g/mol. The van der Waals surface area contributed by atoms with Crippen LogP contribution in [0.15, 0.2) is 0 Å². The third-order valence-corrected chi connectivity index (χ3v) is 4.49. The van der Waals surface area contributed by atoms with E-state index >= 15 is 0 Å². The molecular formula is C18H38O2. The predicted octanol–water partition coefficient (Wildman–Crippen LogP) is 4.92. The van der Waals surface area contributed by atoms with Crippen LogP contribution in [0.2, 0.25) is 0 Å². The quantitative estimate of drug-likeness (QED) is 0.445. The molecule has 0 aliphatic carbocycles. The molecule has 0 aromatic rings. The third-order valence-electron chi connectivity index (χ3n) is 4.49. The first kappa shape index (κ1) is 19.9. The summed E-state index contributed by atoms with van der Waals surface area (Å²) in [7, 11) is 0. The average molecular weight is 286 g/mol. The van der Waals surface area contributed by atoms with E-state index in [0.717, 1.165) is 6.42 Å². The molecule has 0 heterocycles. The Bertz CT molecular complexity index is 194. The van der Waals surface area contributed by atoms with Crippen molar-refractivity contribution in [2.45, 2.75) is 97.5 Å². The van der Waals surface area contributed by atoms with Crippen molar-refractivity contribution < 1.29 is 10.2 Å². The maximum Gasteiger partial charge on any atom is 0.0563 e. The molecule has 0 aromatic carbocycles. The summed E-state index contributed by atoms with van der Waals surface area (Å²) in [6.45, 7) is 6.69. The lowest BCUT2D eigenvalue weighted by molar-refractivity contribution is 0.106. The lowest BCUT2D eigenvalue weighted by atomic mass is 9.95. The normalized spacial score (nSPS) is 16.1. The van der Waals surface area contributed by atoms with Crippen LogP contribution in [0.25, 0.3) is 0 Å². The van der Waals surface area contributed by atoms with Crippen LogP contribution < -0.4 is 0 Å². The van der Waals surface area contributed by atoms with E-state index in [0.29, 0.717) is 18.4 Å². The summed E-state index contributed by atoms with van der Waals surface area (Å²) in [5.41, 5.74) is 0. The highest BCUT2D eigenvalue weighted by atomic mass is 16.3. The Balaban J connectivity index is 3.17. The summed E-state index contributed by atoms with van der Waals surface area (Å²) in [6.07, 6.45) is 13.7. The zero-order valence-corrected chi connectivity index (χ0v) is 14.1. The van der Waals surface area contributed by atoms with Gasteiger partial charge in [0.05, 0.1) is 6.10 Å². The molecule has 0 saturated heterocycles. The minimum absolute atomic E-state index is 0.101. The maximum atomic E-state index is 9.69. The minimum Gasteiger partial charge on any atom is -0.396 e. The van der Waals surface area contributed by atoms with Crippen LogP contribution in [-0.2, 0) is 0 Å². The van der Waals surface area contributed by atoms with E-state index < -0.39 is 0 Å². The van der Waals surface area contributed by atoms with Crippen molar-refractivity contribution in [1.29, 1.82) is 0 Å². The summed E-state index contributed by atoms with van der Waals surface area (Å²) in [6, 6.07) is 0. The topological polar surface area (TPSA) is 40.5 Å². The molecule has 0 aliphatic rings. The lowest BCUT2D eigenvalue weighted by Gasteiger charge is -2.16. The minimum atomic E-state index is -0.101. The fraction of sp³-hybridized carbons (Fsp3) is 1.00. The van der Waals surface area contributed by atoms with Crippen LogP contribution in [0.4, 0.5) is 0 Å². The molecule has 3 atom stereocenters. The van der Waals surface area contributed by atoms with Gasteiger partial charge in [-0.05, 0) is 31.1 Å². The van der Waals surface area contributed by atoms with Gasteiger partial charge >= 0.3 is 0 Å². The van der Waals surface area contributed by atoms with Crippen LogP contribution in [0, 0.1) is 11.8 Å². The summed E-state index contributed by atoms with van der Waals surface area (Å²) >= 11 is 0. The molecule has 0 aromatic heterocycles. The van der Waals surface area contributed by atoms with Crippen molar-refractivity contribution in [3.63, 3.8) is 0 Å². The molecule has 0 saturated carbocycles. The second kappa shape index (κ2) is 13.9. The molecule has 2 N–H and O–H groups in total. The van der Waals surface area contributed by atoms with Gasteiger partial charge in [-0.25, -0.2) is 0 Å². The van der Waals surface area contributed by atoms with Crippen LogP contribution in [0.3, 0.4) is 0 Å². The fourth-order valence-electron chi connectivity index (χ4n) is 2.71. The van der Waals surface area contributed by atoms with Crippen LogP contribution in [0.1, 0.15) is 91.4 Å². The molecule has 0 aliphatic heterocycles. The standard InChI is InChI=1S/C18H38O2/c1-4-18(20)17(3)14-12-10-8-6-5-7-9-11-13-16(2)15-19/h16-20H,4-15H2,1-3H3. The van der Waals surface area contributed by atoms with Gasteiger partial charge in [0, 0.05) is 6.61 Å². The first-order valence-corrected chi connectivity index (χ1v) is 8.90. The van der Waals surface area contributed by atoms with Crippen LogP contribution in [-0.4, -0.2) is 22.9 Å². The van der Waals surface area contributed by atoms with Crippen LogP contribution in [0.5, 0.6) is 0 Å². The average Bonchev–Trinajstić information content (AvgIpc) is 2.47. The highest BCUT2D eigenvalue weighted by Crippen LogP contribution is 2.17. The third kappa shape index (κ3) is 11.7. The molecule has 122 valence electrons. The molecule has 0 spiro atoms. The number of aliphatic hydroxyl groups is 2.